The fraction of sp³-hybridized carbons (Fsp3) is 0.550. The van der Waals surface area contributed by atoms with Crippen molar-refractivity contribution in [3.05, 3.63) is 34.6 Å². The van der Waals surface area contributed by atoms with E-state index in [1.807, 2.05) is 17.0 Å². The Balaban J connectivity index is 1.22. The van der Waals surface area contributed by atoms with Crippen LogP contribution in [0.5, 0.6) is 0 Å². The van der Waals surface area contributed by atoms with Crippen molar-refractivity contribution >= 4 is 23.5 Å². The van der Waals surface area contributed by atoms with Crippen molar-refractivity contribution < 1.29 is 9.53 Å². The molecule has 0 radical (unpaired) electrons. The number of aromatic nitrogens is 3. The predicted octanol–water partition coefficient (Wildman–Crippen LogP) is 1.30. The maximum atomic E-state index is 12.3. The number of halogens is 1. The van der Waals surface area contributed by atoms with E-state index in [0.29, 0.717) is 6.61 Å². The Bertz CT molecular complexity index is 989. The van der Waals surface area contributed by atoms with Crippen molar-refractivity contribution in [3.63, 3.8) is 0 Å². The smallest absolute Gasteiger partial charge is 0.251 e. The number of benzene rings is 1. The second-order valence-corrected chi connectivity index (χ2v) is 9.33. The molecular formula is C20H23ClN6O2. The van der Waals surface area contributed by atoms with Gasteiger partial charge in [0, 0.05) is 49.6 Å². The van der Waals surface area contributed by atoms with Crippen molar-refractivity contribution in [3.8, 4) is 5.69 Å². The molecular weight excluding hydrogens is 392 g/mol. The van der Waals surface area contributed by atoms with E-state index in [0.717, 1.165) is 68.2 Å². The number of nitrogens with zero attached hydrogens (tertiary/aromatic N) is 6. The Morgan fingerprint density at radius 3 is 2.72 bits per heavy atom. The van der Waals surface area contributed by atoms with Crippen molar-refractivity contribution in [2.45, 2.75) is 25.6 Å². The number of carbonyl (C=O) groups is 1. The molecule has 1 aromatic carbocycles. The average Bonchev–Trinajstić information content (AvgIpc) is 2.88. The maximum Gasteiger partial charge on any atom is 0.251 e. The summed E-state index contributed by atoms with van der Waals surface area (Å²) in [6.45, 7) is 5.71. The Hall–Kier alpha value is -2.16. The first-order chi connectivity index (χ1) is 14.0. The van der Waals surface area contributed by atoms with E-state index in [-0.39, 0.29) is 17.4 Å². The lowest BCUT2D eigenvalue weighted by Crippen LogP contribution is -2.74. The largest absolute Gasteiger partial charge is 0.368 e. The van der Waals surface area contributed by atoms with Crippen molar-refractivity contribution in [2.24, 2.45) is 5.41 Å². The lowest BCUT2D eigenvalue weighted by Gasteiger charge is -2.60. The average molecular weight is 415 g/mol. The van der Waals surface area contributed by atoms with Crippen LogP contribution < -0.4 is 4.90 Å². The molecule has 0 bridgehead atoms. The highest BCUT2D eigenvalue weighted by Gasteiger charge is 2.55. The molecule has 0 aliphatic carbocycles. The van der Waals surface area contributed by atoms with Gasteiger partial charge in [0.2, 0.25) is 5.95 Å². The molecule has 5 heterocycles. The number of hydrogen-bond acceptors (Lipinski definition) is 6. The van der Waals surface area contributed by atoms with Crippen molar-refractivity contribution in [1.29, 1.82) is 0 Å². The van der Waals surface area contributed by atoms with Crippen LogP contribution in [0.3, 0.4) is 0 Å². The van der Waals surface area contributed by atoms with E-state index in [1.54, 1.807) is 0 Å². The van der Waals surface area contributed by atoms with Gasteiger partial charge in [0.1, 0.15) is 6.10 Å². The summed E-state index contributed by atoms with van der Waals surface area (Å²) in [6.07, 6.45) is 0.661. The molecule has 3 saturated heterocycles. The number of fused-ring (bicyclic) bond motifs is 3. The second kappa shape index (κ2) is 6.17. The molecule has 1 amide bonds. The van der Waals surface area contributed by atoms with Gasteiger partial charge in [-0.05, 0) is 30.8 Å². The van der Waals surface area contributed by atoms with Gasteiger partial charge in [0.15, 0.2) is 5.82 Å². The topological polar surface area (TPSA) is 66.7 Å². The van der Waals surface area contributed by atoms with Gasteiger partial charge in [-0.1, -0.05) is 11.6 Å². The number of likely N-dealkylation sites (tertiary alicyclic amines) is 1. The van der Waals surface area contributed by atoms with Crippen LogP contribution in [0.4, 0.5) is 5.95 Å². The van der Waals surface area contributed by atoms with E-state index >= 15 is 0 Å². The van der Waals surface area contributed by atoms with Crippen LogP contribution in [0.1, 0.15) is 17.8 Å². The summed E-state index contributed by atoms with van der Waals surface area (Å²) in [5.41, 5.74) is 2.47. The third-order valence-electron chi connectivity index (χ3n) is 6.52. The molecule has 0 saturated carbocycles. The van der Waals surface area contributed by atoms with Crippen LogP contribution in [0.2, 0.25) is 5.02 Å². The fourth-order valence-corrected chi connectivity index (χ4v) is 5.20. The van der Waals surface area contributed by atoms with E-state index < -0.39 is 0 Å². The molecule has 6 rings (SSSR count). The number of amides is 1. The number of rotatable bonds is 2. The van der Waals surface area contributed by atoms with Gasteiger partial charge in [-0.25, -0.2) is 0 Å². The van der Waals surface area contributed by atoms with E-state index in [4.69, 9.17) is 16.3 Å². The van der Waals surface area contributed by atoms with E-state index in [2.05, 4.69) is 37.7 Å². The van der Waals surface area contributed by atoms with Crippen LogP contribution in [-0.2, 0) is 22.6 Å². The Labute approximate surface area is 174 Å². The van der Waals surface area contributed by atoms with Crippen LogP contribution in [0, 0.1) is 5.41 Å². The van der Waals surface area contributed by atoms with Gasteiger partial charge in [-0.3, -0.25) is 14.3 Å². The van der Waals surface area contributed by atoms with Gasteiger partial charge in [0.05, 0.1) is 18.8 Å². The first kappa shape index (κ1) is 17.7. The molecule has 1 aromatic heterocycles. The molecule has 29 heavy (non-hydrogen) atoms. The summed E-state index contributed by atoms with van der Waals surface area (Å²) in [6, 6.07) is 6.02. The van der Waals surface area contributed by atoms with Crippen LogP contribution in [-0.4, -0.2) is 76.4 Å². The molecule has 1 unspecified atom stereocenters. The Morgan fingerprint density at radius 2 is 2.00 bits per heavy atom. The fourth-order valence-electron chi connectivity index (χ4n) is 5.01. The molecule has 8 nitrogen and oxygen atoms in total. The summed E-state index contributed by atoms with van der Waals surface area (Å²) >= 11 is 6.25. The number of hydrogen-bond donors (Lipinski definition) is 0. The zero-order chi connectivity index (χ0) is 19.8. The third kappa shape index (κ3) is 2.69. The highest BCUT2D eigenvalue weighted by atomic mass is 35.5. The van der Waals surface area contributed by atoms with Gasteiger partial charge in [-0.2, -0.15) is 0 Å². The predicted molar refractivity (Wildman–Crippen MR) is 107 cm³/mol. The standard InChI is InChI=1S/C20H23ClN6O2/c1-24-7-13-6-14(21)2-3-15(13)27-17(8-24)22-23-19(27)26-11-20(12-26)9-25(10-20)18(28)16-4-5-29-16/h2-3,6,16H,4-5,7-12H2,1H3. The summed E-state index contributed by atoms with van der Waals surface area (Å²) in [4.78, 5) is 18.8. The molecule has 2 aromatic rings. The van der Waals surface area contributed by atoms with E-state index in [9.17, 15) is 4.79 Å². The molecule has 1 spiro atoms. The monoisotopic (exact) mass is 414 g/mol. The lowest BCUT2D eigenvalue weighted by molar-refractivity contribution is -0.169. The highest BCUT2D eigenvalue weighted by molar-refractivity contribution is 6.30. The van der Waals surface area contributed by atoms with Crippen molar-refractivity contribution in [2.75, 3.05) is 44.7 Å². The Morgan fingerprint density at radius 1 is 1.21 bits per heavy atom. The van der Waals surface area contributed by atoms with Gasteiger partial charge < -0.3 is 14.5 Å². The van der Waals surface area contributed by atoms with Crippen LogP contribution >= 0.6 is 11.6 Å². The molecule has 152 valence electrons. The highest BCUT2D eigenvalue weighted by Crippen LogP contribution is 2.43. The quantitative estimate of drug-likeness (QED) is 0.738. The minimum Gasteiger partial charge on any atom is -0.368 e. The minimum atomic E-state index is -0.198. The first-order valence-corrected chi connectivity index (χ1v) is 10.5. The van der Waals surface area contributed by atoms with Gasteiger partial charge in [-0.15, -0.1) is 10.2 Å². The molecule has 3 fully saturated rings. The van der Waals surface area contributed by atoms with Gasteiger partial charge >= 0.3 is 0 Å². The minimum absolute atomic E-state index is 0.158. The van der Waals surface area contributed by atoms with Crippen LogP contribution in [0.15, 0.2) is 18.2 Å². The zero-order valence-corrected chi connectivity index (χ0v) is 17.1. The van der Waals surface area contributed by atoms with E-state index in [1.165, 1.54) is 5.56 Å². The SMILES string of the molecule is CN1Cc2cc(Cl)ccc2-n2c(nnc2N2CC3(CN(C(=O)C4CCO4)C3)C2)C1. The molecule has 1 atom stereocenters. The molecule has 4 aliphatic rings. The summed E-state index contributed by atoms with van der Waals surface area (Å²) < 4.78 is 7.51. The first-order valence-electron chi connectivity index (χ1n) is 10.1. The Kier molecular flexibility index (Phi) is 3.76. The number of ether oxygens (including phenoxy) is 1. The third-order valence-corrected chi connectivity index (χ3v) is 6.76. The molecule has 9 heteroatoms. The molecule has 4 aliphatic heterocycles. The zero-order valence-electron chi connectivity index (χ0n) is 16.3. The summed E-state index contributed by atoms with van der Waals surface area (Å²) in [5, 5.41) is 9.75. The maximum absolute atomic E-state index is 12.3. The van der Waals surface area contributed by atoms with Crippen molar-refractivity contribution in [1.82, 2.24) is 24.6 Å². The summed E-state index contributed by atoms with van der Waals surface area (Å²) in [5.74, 6) is 1.99. The van der Waals surface area contributed by atoms with Crippen LogP contribution in [0.25, 0.3) is 5.69 Å². The summed E-state index contributed by atoms with van der Waals surface area (Å²) in [7, 11) is 2.08. The second-order valence-electron chi connectivity index (χ2n) is 8.90. The molecule has 0 N–H and O–H groups in total. The lowest BCUT2D eigenvalue weighted by atomic mass is 9.72. The number of anilines is 1. The van der Waals surface area contributed by atoms with Gasteiger partial charge in [0.25, 0.3) is 5.91 Å². The number of carbonyl (C=O) groups excluding carboxylic acids is 1. The normalized spacial score (nSPS) is 24.8.